The van der Waals surface area contributed by atoms with Crippen LogP contribution in [-0.2, 0) is 0 Å². The Kier molecular flexibility index (Phi) is 3.69. The van der Waals surface area contributed by atoms with Gasteiger partial charge < -0.3 is 9.84 Å². The highest BCUT2D eigenvalue weighted by molar-refractivity contribution is 5.59. The number of rotatable bonds is 4. The molecule has 0 amide bonds. The predicted octanol–water partition coefficient (Wildman–Crippen LogP) is 3.94. The molecule has 0 atom stereocenters. The fraction of sp³-hybridized carbons (Fsp3) is 0. The molecule has 24 heavy (non-hydrogen) atoms. The van der Waals surface area contributed by atoms with Crippen LogP contribution >= 0.6 is 0 Å². The van der Waals surface area contributed by atoms with Crippen molar-refractivity contribution >= 4 is 11.6 Å². The molecule has 4 aromatic rings. The molecule has 0 spiro atoms. The molecule has 0 saturated heterocycles. The summed E-state index contributed by atoms with van der Waals surface area (Å²) < 4.78 is 5.30. The third-order valence-electron chi connectivity index (χ3n) is 3.36. The molecule has 0 unspecified atom stereocenters. The molecule has 116 valence electrons. The van der Waals surface area contributed by atoms with Crippen molar-refractivity contribution in [3.63, 3.8) is 0 Å². The molecule has 6 heteroatoms. The summed E-state index contributed by atoms with van der Waals surface area (Å²) in [5.41, 5.74) is 2.40. The Morgan fingerprint density at radius 1 is 0.792 bits per heavy atom. The van der Waals surface area contributed by atoms with E-state index in [4.69, 9.17) is 4.52 Å². The second kappa shape index (κ2) is 6.29. The maximum Gasteiger partial charge on any atom is 0.278 e. The van der Waals surface area contributed by atoms with Crippen LogP contribution in [-0.4, -0.2) is 20.1 Å². The Balaban J connectivity index is 1.61. The summed E-state index contributed by atoms with van der Waals surface area (Å²) in [6.45, 7) is 0. The molecule has 1 N–H and O–H groups in total. The Morgan fingerprint density at radius 3 is 2.33 bits per heavy atom. The fourth-order valence-electron chi connectivity index (χ4n) is 2.23. The molecule has 0 aliphatic heterocycles. The molecule has 2 aromatic heterocycles. The van der Waals surface area contributed by atoms with Crippen LogP contribution in [0, 0.1) is 0 Å². The zero-order valence-corrected chi connectivity index (χ0v) is 12.6. The van der Waals surface area contributed by atoms with Gasteiger partial charge in [-0.1, -0.05) is 48.5 Å². The molecular weight excluding hydrogens is 302 g/mol. The quantitative estimate of drug-likeness (QED) is 0.614. The van der Waals surface area contributed by atoms with Gasteiger partial charge in [-0.05, 0) is 23.4 Å². The summed E-state index contributed by atoms with van der Waals surface area (Å²) in [5, 5.41) is 7.01. The van der Waals surface area contributed by atoms with Crippen LogP contribution in [0.4, 0.5) is 11.6 Å². The van der Waals surface area contributed by atoms with Crippen LogP contribution in [0.3, 0.4) is 0 Å². The topological polar surface area (TPSA) is 76.7 Å². The maximum atomic E-state index is 5.30. The van der Waals surface area contributed by atoms with E-state index in [1.165, 1.54) is 0 Å². The molecule has 0 radical (unpaired) electrons. The monoisotopic (exact) mass is 315 g/mol. The third-order valence-corrected chi connectivity index (χ3v) is 3.36. The van der Waals surface area contributed by atoms with Gasteiger partial charge in [-0.2, -0.15) is 4.98 Å². The van der Waals surface area contributed by atoms with Gasteiger partial charge in [0, 0.05) is 17.4 Å². The number of nitrogens with one attached hydrogen (secondary N) is 1. The first-order valence-corrected chi connectivity index (χ1v) is 7.43. The minimum absolute atomic E-state index is 0.341. The molecule has 0 aliphatic rings. The lowest BCUT2D eigenvalue weighted by atomic mass is 10.2. The maximum absolute atomic E-state index is 5.30. The van der Waals surface area contributed by atoms with Gasteiger partial charge in [-0.15, -0.1) is 0 Å². The standard InChI is InChI=1S/C18H13N5O/c1-3-7-13(8-4-1)16-19-12-11-15(21-16)17-22-18(23-24-17)20-14-9-5-2-6-10-14/h1-12H,(H,20,23). The Bertz CT molecular complexity index is 938. The van der Waals surface area contributed by atoms with E-state index in [0.717, 1.165) is 11.3 Å². The number of para-hydroxylation sites is 1. The first-order chi connectivity index (χ1) is 11.9. The summed E-state index contributed by atoms with van der Waals surface area (Å²) in [4.78, 5) is 13.1. The highest BCUT2D eigenvalue weighted by Gasteiger charge is 2.12. The van der Waals surface area contributed by atoms with Crippen molar-refractivity contribution in [3.05, 3.63) is 72.9 Å². The summed E-state index contributed by atoms with van der Waals surface area (Å²) in [5.74, 6) is 1.34. The third kappa shape index (κ3) is 2.98. The van der Waals surface area contributed by atoms with E-state index in [1.807, 2.05) is 60.7 Å². The van der Waals surface area contributed by atoms with Crippen LogP contribution in [0.15, 0.2) is 77.4 Å². The van der Waals surface area contributed by atoms with Crippen molar-refractivity contribution in [1.29, 1.82) is 0 Å². The number of hydrogen-bond donors (Lipinski definition) is 1. The van der Waals surface area contributed by atoms with E-state index in [2.05, 4.69) is 25.4 Å². The summed E-state index contributed by atoms with van der Waals surface area (Å²) >= 11 is 0. The zero-order valence-electron chi connectivity index (χ0n) is 12.6. The lowest BCUT2D eigenvalue weighted by Gasteiger charge is -2.00. The highest BCUT2D eigenvalue weighted by atomic mass is 16.5. The number of benzene rings is 2. The Labute approximate surface area is 138 Å². The highest BCUT2D eigenvalue weighted by Crippen LogP contribution is 2.21. The van der Waals surface area contributed by atoms with E-state index >= 15 is 0 Å². The number of nitrogens with zero attached hydrogens (tertiary/aromatic N) is 4. The van der Waals surface area contributed by atoms with Crippen molar-refractivity contribution in [3.8, 4) is 23.0 Å². The lowest BCUT2D eigenvalue weighted by Crippen LogP contribution is -1.93. The number of aromatic nitrogens is 4. The minimum Gasteiger partial charge on any atom is -0.330 e. The first kappa shape index (κ1) is 14.1. The van der Waals surface area contributed by atoms with E-state index in [1.54, 1.807) is 12.3 Å². The molecule has 0 fully saturated rings. The van der Waals surface area contributed by atoms with E-state index in [9.17, 15) is 0 Å². The predicted molar refractivity (Wildman–Crippen MR) is 90.5 cm³/mol. The van der Waals surface area contributed by atoms with Crippen LogP contribution in [0.2, 0.25) is 0 Å². The molecule has 0 bridgehead atoms. The van der Waals surface area contributed by atoms with E-state index < -0.39 is 0 Å². The first-order valence-electron chi connectivity index (χ1n) is 7.43. The van der Waals surface area contributed by atoms with Crippen LogP contribution in [0.1, 0.15) is 0 Å². The Hall–Kier alpha value is -3.54. The van der Waals surface area contributed by atoms with E-state index in [0.29, 0.717) is 23.4 Å². The number of hydrogen-bond acceptors (Lipinski definition) is 6. The van der Waals surface area contributed by atoms with Crippen molar-refractivity contribution in [2.75, 3.05) is 5.32 Å². The van der Waals surface area contributed by atoms with Gasteiger partial charge in [-0.25, -0.2) is 9.97 Å². The van der Waals surface area contributed by atoms with Crippen molar-refractivity contribution in [2.24, 2.45) is 0 Å². The lowest BCUT2D eigenvalue weighted by molar-refractivity contribution is 0.431. The van der Waals surface area contributed by atoms with Crippen molar-refractivity contribution < 1.29 is 4.52 Å². The average molecular weight is 315 g/mol. The van der Waals surface area contributed by atoms with Crippen LogP contribution in [0.5, 0.6) is 0 Å². The zero-order chi connectivity index (χ0) is 16.2. The van der Waals surface area contributed by atoms with Crippen LogP contribution in [0.25, 0.3) is 23.0 Å². The number of anilines is 2. The molecule has 4 rings (SSSR count). The molecule has 0 aliphatic carbocycles. The largest absolute Gasteiger partial charge is 0.330 e. The molecule has 0 saturated carbocycles. The Morgan fingerprint density at radius 2 is 1.54 bits per heavy atom. The van der Waals surface area contributed by atoms with Gasteiger partial charge >= 0.3 is 0 Å². The minimum atomic E-state index is 0.341. The van der Waals surface area contributed by atoms with Crippen LogP contribution < -0.4 is 5.32 Å². The SMILES string of the molecule is c1ccc(Nc2noc(-c3ccnc(-c4ccccc4)n3)n2)cc1. The second-order valence-corrected chi connectivity index (χ2v) is 5.05. The molecule has 6 nitrogen and oxygen atoms in total. The molecular formula is C18H13N5O. The van der Waals surface area contributed by atoms with Gasteiger partial charge in [0.15, 0.2) is 5.82 Å². The van der Waals surface area contributed by atoms with Gasteiger partial charge in [0.05, 0.1) is 0 Å². The van der Waals surface area contributed by atoms with Gasteiger partial charge in [0.2, 0.25) is 0 Å². The van der Waals surface area contributed by atoms with Gasteiger partial charge in [-0.3, -0.25) is 0 Å². The van der Waals surface area contributed by atoms with Crippen molar-refractivity contribution in [2.45, 2.75) is 0 Å². The molecule has 2 heterocycles. The van der Waals surface area contributed by atoms with Gasteiger partial charge in [0.1, 0.15) is 5.69 Å². The smallest absolute Gasteiger partial charge is 0.278 e. The second-order valence-electron chi connectivity index (χ2n) is 5.05. The fourth-order valence-corrected chi connectivity index (χ4v) is 2.23. The summed E-state index contributed by atoms with van der Waals surface area (Å²) in [6.07, 6.45) is 1.68. The molecule has 2 aromatic carbocycles. The summed E-state index contributed by atoms with van der Waals surface area (Å²) in [7, 11) is 0. The normalized spacial score (nSPS) is 10.5. The van der Waals surface area contributed by atoms with Crippen molar-refractivity contribution in [1.82, 2.24) is 20.1 Å². The van der Waals surface area contributed by atoms with E-state index in [-0.39, 0.29) is 0 Å². The summed E-state index contributed by atoms with van der Waals surface area (Å²) in [6, 6.07) is 21.1. The van der Waals surface area contributed by atoms with Gasteiger partial charge in [0.25, 0.3) is 11.8 Å². The average Bonchev–Trinajstić information content (AvgIpc) is 3.12.